The average molecular weight is 409 g/mol. The van der Waals surface area contributed by atoms with Crippen LogP contribution in [0.15, 0.2) is 54.1 Å². The number of aliphatic carboxylic acids is 1. The van der Waals surface area contributed by atoms with E-state index in [0.717, 1.165) is 11.6 Å². The summed E-state index contributed by atoms with van der Waals surface area (Å²) in [5, 5.41) is 12.2. The molecule has 0 saturated carbocycles. The van der Waals surface area contributed by atoms with Gasteiger partial charge in [-0.2, -0.15) is 13.2 Å². The Morgan fingerprint density at radius 3 is 2.24 bits per heavy atom. The molecule has 1 atom stereocenters. The minimum absolute atomic E-state index is 0.00224. The van der Waals surface area contributed by atoms with Gasteiger partial charge in [0.15, 0.2) is 0 Å². The number of benzene rings is 2. The van der Waals surface area contributed by atoms with E-state index in [4.69, 9.17) is 19.4 Å². The maximum Gasteiger partial charge on any atom is 0.430 e. The number of carboxylic acids is 1. The minimum atomic E-state index is -4.80. The highest BCUT2D eigenvalue weighted by Crippen LogP contribution is 2.38. The molecular formula is C20H18F3NO5. The number of fused-ring (bicyclic) bond motifs is 1. The Morgan fingerprint density at radius 1 is 1.07 bits per heavy atom. The maximum atomic E-state index is 13.0. The highest BCUT2D eigenvalue weighted by atomic mass is 19.4. The van der Waals surface area contributed by atoms with Gasteiger partial charge in [-0.25, -0.2) is 4.79 Å². The fourth-order valence-corrected chi connectivity index (χ4v) is 2.53. The van der Waals surface area contributed by atoms with Crippen molar-refractivity contribution in [1.82, 2.24) is 0 Å². The lowest BCUT2D eigenvalue weighted by atomic mass is 10.0. The second-order valence-electron chi connectivity index (χ2n) is 5.54. The number of hydrogen-bond acceptors (Lipinski definition) is 5. The maximum absolute atomic E-state index is 13.0. The lowest BCUT2D eigenvalue weighted by Gasteiger charge is -2.27. The van der Waals surface area contributed by atoms with Crippen molar-refractivity contribution in [3.63, 3.8) is 0 Å². The smallest absolute Gasteiger partial charge is 0.430 e. The number of carbonyl (C=O) groups is 3. The SMILES string of the molecule is C=O.C=O.O=C(O)C1=Cc2cc(NCc3ccccc3)ccc2OC1C(F)(F)F. The normalized spacial score (nSPS) is 14.4. The van der Waals surface area contributed by atoms with E-state index in [1.54, 1.807) is 12.1 Å². The largest absolute Gasteiger partial charge is 0.478 e. The molecular weight excluding hydrogens is 391 g/mol. The second-order valence-corrected chi connectivity index (χ2v) is 5.54. The molecule has 2 aromatic carbocycles. The molecule has 0 radical (unpaired) electrons. The first-order chi connectivity index (χ1) is 13.8. The van der Waals surface area contributed by atoms with Crippen molar-refractivity contribution >= 4 is 31.3 Å². The number of hydrogen-bond donors (Lipinski definition) is 2. The summed E-state index contributed by atoms with van der Waals surface area (Å²) in [6.07, 6.45) is -6.26. The Kier molecular flexibility index (Phi) is 8.60. The van der Waals surface area contributed by atoms with Gasteiger partial charge in [-0.3, -0.25) is 0 Å². The van der Waals surface area contributed by atoms with Crippen LogP contribution in [0.25, 0.3) is 6.08 Å². The van der Waals surface area contributed by atoms with Gasteiger partial charge in [0.2, 0.25) is 6.10 Å². The molecule has 29 heavy (non-hydrogen) atoms. The Morgan fingerprint density at radius 2 is 1.69 bits per heavy atom. The number of ether oxygens (including phenoxy) is 1. The van der Waals surface area contributed by atoms with Crippen molar-refractivity contribution in [1.29, 1.82) is 0 Å². The van der Waals surface area contributed by atoms with Crippen LogP contribution in [0.3, 0.4) is 0 Å². The fourth-order valence-electron chi connectivity index (χ4n) is 2.53. The van der Waals surface area contributed by atoms with E-state index < -0.39 is 23.8 Å². The number of nitrogens with one attached hydrogen (secondary N) is 1. The quantitative estimate of drug-likeness (QED) is 0.800. The summed E-state index contributed by atoms with van der Waals surface area (Å²) < 4.78 is 43.9. The summed E-state index contributed by atoms with van der Waals surface area (Å²) in [7, 11) is 0. The molecule has 2 aromatic rings. The van der Waals surface area contributed by atoms with Gasteiger partial charge in [0.1, 0.15) is 19.3 Å². The number of rotatable bonds is 4. The van der Waals surface area contributed by atoms with Gasteiger partial charge >= 0.3 is 12.1 Å². The van der Waals surface area contributed by atoms with Crippen LogP contribution in [0.1, 0.15) is 11.1 Å². The summed E-state index contributed by atoms with van der Waals surface area (Å²) in [6.45, 7) is 4.53. The Bertz CT molecular complexity index is 851. The van der Waals surface area contributed by atoms with Crippen molar-refractivity contribution in [2.24, 2.45) is 0 Å². The third-order valence-electron chi connectivity index (χ3n) is 3.73. The fraction of sp³-hybridized carbons (Fsp3) is 0.150. The van der Waals surface area contributed by atoms with Crippen LogP contribution in [-0.4, -0.2) is 36.9 Å². The van der Waals surface area contributed by atoms with Crippen molar-refractivity contribution in [3.8, 4) is 5.75 Å². The molecule has 0 fully saturated rings. The molecule has 0 saturated heterocycles. The molecule has 9 heteroatoms. The molecule has 1 aliphatic rings. The van der Waals surface area contributed by atoms with Gasteiger partial charge in [-0.15, -0.1) is 0 Å². The highest BCUT2D eigenvalue weighted by molar-refractivity contribution is 5.95. The number of carboxylic acid groups (broad SMARTS) is 1. The van der Waals surface area contributed by atoms with E-state index in [9.17, 15) is 18.0 Å². The summed E-state index contributed by atoms with van der Waals surface area (Å²) >= 11 is 0. The van der Waals surface area contributed by atoms with E-state index in [0.29, 0.717) is 12.2 Å². The Labute approximate surface area is 164 Å². The monoisotopic (exact) mass is 409 g/mol. The van der Waals surface area contributed by atoms with Crippen molar-refractivity contribution < 1.29 is 37.4 Å². The molecule has 154 valence electrons. The van der Waals surface area contributed by atoms with E-state index in [1.165, 1.54) is 6.07 Å². The predicted molar refractivity (Wildman–Crippen MR) is 101 cm³/mol. The zero-order chi connectivity index (χ0) is 22.0. The number of anilines is 1. The third-order valence-corrected chi connectivity index (χ3v) is 3.73. The van der Waals surface area contributed by atoms with E-state index in [2.05, 4.69) is 5.32 Å². The molecule has 1 unspecified atom stereocenters. The molecule has 0 bridgehead atoms. The van der Waals surface area contributed by atoms with E-state index >= 15 is 0 Å². The average Bonchev–Trinajstić information content (AvgIpc) is 2.74. The molecule has 1 heterocycles. The van der Waals surface area contributed by atoms with Gasteiger partial charge < -0.3 is 24.7 Å². The van der Waals surface area contributed by atoms with Crippen LogP contribution >= 0.6 is 0 Å². The molecule has 0 aliphatic carbocycles. The standard InChI is InChI=1S/C18H14F3NO3.2CH2O/c19-18(20,21)16-14(17(23)24)9-12-8-13(6-7-15(12)25-16)22-10-11-4-2-1-3-5-11;2*1-2/h1-9,16,22H,10H2,(H,23,24);2*1H2. The first-order valence-corrected chi connectivity index (χ1v) is 8.02. The lowest BCUT2D eigenvalue weighted by Crippen LogP contribution is -2.40. The van der Waals surface area contributed by atoms with Crippen LogP contribution < -0.4 is 10.1 Å². The summed E-state index contributed by atoms with van der Waals surface area (Å²) in [5.74, 6) is -1.66. The third kappa shape index (κ3) is 6.20. The topological polar surface area (TPSA) is 92.7 Å². The van der Waals surface area contributed by atoms with E-state index in [1.807, 2.05) is 43.9 Å². The molecule has 2 N–H and O–H groups in total. The zero-order valence-electron chi connectivity index (χ0n) is 15.1. The second kappa shape index (κ2) is 10.6. The molecule has 0 amide bonds. The summed E-state index contributed by atoms with van der Waals surface area (Å²) in [4.78, 5) is 27.2. The molecule has 0 aromatic heterocycles. The highest BCUT2D eigenvalue weighted by Gasteiger charge is 2.48. The van der Waals surface area contributed by atoms with Crippen LogP contribution in [0.2, 0.25) is 0 Å². The summed E-state index contributed by atoms with van der Waals surface area (Å²) in [6, 6.07) is 14.1. The van der Waals surface area contributed by atoms with Gasteiger partial charge in [0.05, 0.1) is 5.57 Å². The van der Waals surface area contributed by atoms with Gasteiger partial charge in [-0.1, -0.05) is 30.3 Å². The first kappa shape index (κ1) is 23.4. The predicted octanol–water partition coefficient (Wildman–Crippen LogP) is 3.72. The Balaban J connectivity index is 0.000000989. The van der Waals surface area contributed by atoms with Crippen molar-refractivity contribution in [2.75, 3.05) is 5.32 Å². The van der Waals surface area contributed by atoms with Crippen LogP contribution in [0.5, 0.6) is 5.75 Å². The number of halogens is 3. The molecule has 3 rings (SSSR count). The molecule has 0 spiro atoms. The van der Waals surface area contributed by atoms with Crippen LogP contribution in [0.4, 0.5) is 18.9 Å². The van der Waals surface area contributed by atoms with Crippen molar-refractivity contribution in [2.45, 2.75) is 18.8 Å². The Hall–Kier alpha value is -3.62. The van der Waals surface area contributed by atoms with Crippen LogP contribution in [-0.2, 0) is 20.9 Å². The first-order valence-electron chi connectivity index (χ1n) is 8.02. The zero-order valence-corrected chi connectivity index (χ0v) is 15.1. The molecule has 6 nitrogen and oxygen atoms in total. The van der Waals surface area contributed by atoms with Gasteiger partial charge in [-0.05, 0) is 29.8 Å². The van der Waals surface area contributed by atoms with Crippen LogP contribution in [0, 0.1) is 0 Å². The molecule has 1 aliphatic heterocycles. The minimum Gasteiger partial charge on any atom is -0.478 e. The number of alkyl halides is 3. The number of carbonyl (C=O) groups excluding carboxylic acids is 2. The van der Waals surface area contributed by atoms with Gasteiger partial charge in [0, 0.05) is 17.8 Å². The lowest BCUT2D eigenvalue weighted by molar-refractivity contribution is -0.187. The van der Waals surface area contributed by atoms with E-state index in [-0.39, 0.29) is 11.3 Å². The summed E-state index contributed by atoms with van der Waals surface area (Å²) in [5.41, 5.74) is 1.14. The van der Waals surface area contributed by atoms with Gasteiger partial charge in [0.25, 0.3) is 0 Å². The van der Waals surface area contributed by atoms with Crippen molar-refractivity contribution in [3.05, 3.63) is 65.2 Å².